The molecule has 3 aromatic heterocycles. The third kappa shape index (κ3) is 3.73. The van der Waals surface area contributed by atoms with Crippen LogP contribution < -0.4 is 9.47 Å². The van der Waals surface area contributed by atoms with E-state index in [9.17, 15) is 5.21 Å². The number of imidazole rings is 1. The molecule has 0 aliphatic heterocycles. The highest BCUT2D eigenvalue weighted by molar-refractivity contribution is 6.03. The molecule has 0 radical (unpaired) electrons. The number of methoxy groups -OCH3 is 1. The lowest BCUT2D eigenvalue weighted by Gasteiger charge is -2.13. The summed E-state index contributed by atoms with van der Waals surface area (Å²) in [6, 6.07) is 11.4. The third-order valence-corrected chi connectivity index (χ3v) is 5.03. The van der Waals surface area contributed by atoms with Crippen molar-refractivity contribution in [1.82, 2.24) is 24.2 Å². The molecule has 0 fully saturated rings. The van der Waals surface area contributed by atoms with E-state index in [0.717, 1.165) is 26.6 Å². The molecule has 0 aliphatic carbocycles. The summed E-state index contributed by atoms with van der Waals surface area (Å²) in [7, 11) is 1.60. The van der Waals surface area contributed by atoms with Crippen LogP contribution in [0.5, 0.6) is 11.5 Å². The van der Waals surface area contributed by atoms with Crippen molar-refractivity contribution in [1.29, 1.82) is 0 Å². The van der Waals surface area contributed by atoms with Gasteiger partial charge in [0.2, 0.25) is 0 Å². The van der Waals surface area contributed by atoms with Crippen molar-refractivity contribution in [3.8, 4) is 22.8 Å². The Morgan fingerprint density at radius 3 is 2.74 bits per heavy atom. The van der Waals surface area contributed by atoms with E-state index in [4.69, 9.17) is 9.47 Å². The molecule has 0 saturated heterocycles. The summed E-state index contributed by atoms with van der Waals surface area (Å²) >= 11 is 0. The molecule has 31 heavy (non-hydrogen) atoms. The van der Waals surface area contributed by atoms with Gasteiger partial charge in [-0.2, -0.15) is 4.73 Å². The Labute approximate surface area is 184 Å². The van der Waals surface area contributed by atoms with Crippen LogP contribution in [-0.2, 0) is 6.54 Å². The van der Waals surface area contributed by atoms with Crippen LogP contribution in [0.1, 0.15) is 0 Å². The predicted octanol–water partition coefficient (Wildman–Crippen LogP) is 4.19. The molecule has 5 rings (SSSR count). The maximum Gasteiger partial charge on any atom is 0.163 e. The number of aromatic nitrogens is 5. The maximum atomic E-state index is 10.3. The van der Waals surface area contributed by atoms with Crippen molar-refractivity contribution in [2.45, 2.75) is 6.54 Å². The minimum absolute atomic E-state index is 0. The quantitative estimate of drug-likeness (QED) is 0.401. The Bertz CT molecular complexity index is 1330. The summed E-state index contributed by atoms with van der Waals surface area (Å²) in [5.74, 6) is 1.20. The molecule has 1 N–H and O–H groups in total. The van der Waals surface area contributed by atoms with Crippen LogP contribution in [0.2, 0.25) is 0 Å². The fourth-order valence-corrected chi connectivity index (χ4v) is 3.58. The molecule has 5 aromatic rings. The lowest BCUT2D eigenvalue weighted by Crippen LogP contribution is -2.07. The Hall–Kier alpha value is -3.78. The highest BCUT2D eigenvalue weighted by atomic mass is 35.5. The van der Waals surface area contributed by atoms with Crippen molar-refractivity contribution >= 4 is 34.2 Å². The zero-order valence-electron chi connectivity index (χ0n) is 16.7. The topological polar surface area (TPSA) is 87.2 Å². The number of fused-ring (bicyclic) bond motifs is 2. The first kappa shape index (κ1) is 20.5. The summed E-state index contributed by atoms with van der Waals surface area (Å²) in [6.07, 6.45) is 8.55. The van der Waals surface area contributed by atoms with Gasteiger partial charge in [0.25, 0.3) is 0 Å². The van der Waals surface area contributed by atoms with Crippen LogP contribution in [0.4, 0.5) is 0 Å². The Balaban J connectivity index is 0.00000231. The van der Waals surface area contributed by atoms with Gasteiger partial charge >= 0.3 is 0 Å². The van der Waals surface area contributed by atoms with Gasteiger partial charge in [-0.3, -0.25) is 0 Å². The van der Waals surface area contributed by atoms with Gasteiger partial charge in [-0.25, -0.2) is 15.0 Å². The number of rotatable bonds is 6. The van der Waals surface area contributed by atoms with E-state index in [1.54, 1.807) is 25.8 Å². The number of hydrogen-bond donors (Lipinski definition) is 1. The summed E-state index contributed by atoms with van der Waals surface area (Å²) in [5, 5.41) is 12.0. The van der Waals surface area contributed by atoms with Gasteiger partial charge in [-0.15, -0.1) is 12.4 Å². The number of para-hydroxylation sites is 1. The smallest absolute Gasteiger partial charge is 0.163 e. The van der Waals surface area contributed by atoms with E-state index < -0.39 is 0 Å². The second-order valence-electron chi connectivity index (χ2n) is 6.80. The Morgan fingerprint density at radius 2 is 1.94 bits per heavy atom. The molecule has 0 saturated carbocycles. The molecule has 3 heterocycles. The van der Waals surface area contributed by atoms with Gasteiger partial charge in [0.1, 0.15) is 12.9 Å². The van der Waals surface area contributed by atoms with E-state index in [1.807, 2.05) is 47.2 Å². The fraction of sp³-hybridized carbons (Fsp3) is 0.136. The highest BCUT2D eigenvalue weighted by Gasteiger charge is 2.16. The van der Waals surface area contributed by atoms with Gasteiger partial charge in [0.15, 0.2) is 11.5 Å². The van der Waals surface area contributed by atoms with Gasteiger partial charge in [0, 0.05) is 34.8 Å². The van der Waals surface area contributed by atoms with Gasteiger partial charge < -0.3 is 19.2 Å². The average molecular weight is 438 g/mol. The summed E-state index contributed by atoms with van der Waals surface area (Å²) in [6.45, 7) is 1.14. The summed E-state index contributed by atoms with van der Waals surface area (Å²) < 4.78 is 14.6. The van der Waals surface area contributed by atoms with Crippen LogP contribution in [0.25, 0.3) is 33.1 Å². The van der Waals surface area contributed by atoms with Gasteiger partial charge in [-0.05, 0) is 12.1 Å². The number of benzene rings is 2. The molecular weight excluding hydrogens is 418 g/mol. The highest BCUT2D eigenvalue weighted by Crippen LogP contribution is 2.37. The van der Waals surface area contributed by atoms with Crippen molar-refractivity contribution in [3.63, 3.8) is 0 Å². The number of ether oxygens (including phenoxy) is 2. The predicted molar refractivity (Wildman–Crippen MR) is 119 cm³/mol. The summed E-state index contributed by atoms with van der Waals surface area (Å²) in [5.41, 5.74) is 2.97. The van der Waals surface area contributed by atoms with E-state index in [2.05, 4.69) is 15.0 Å². The molecule has 0 spiro atoms. The molecule has 0 bridgehead atoms. The normalized spacial score (nSPS) is 10.9. The minimum Gasteiger partial charge on any atom is -0.493 e. The molecule has 0 atom stereocenters. The molecule has 2 aromatic carbocycles. The van der Waals surface area contributed by atoms with Crippen molar-refractivity contribution in [2.24, 2.45) is 0 Å². The van der Waals surface area contributed by atoms with Crippen molar-refractivity contribution in [2.75, 3.05) is 13.7 Å². The Kier molecular flexibility index (Phi) is 5.64. The molecule has 0 aliphatic rings. The second-order valence-corrected chi connectivity index (χ2v) is 6.80. The zero-order valence-corrected chi connectivity index (χ0v) is 17.5. The van der Waals surface area contributed by atoms with Crippen LogP contribution in [0, 0.1) is 0 Å². The monoisotopic (exact) mass is 437 g/mol. The molecule has 0 unspecified atom stereocenters. The first-order chi connectivity index (χ1) is 14.7. The van der Waals surface area contributed by atoms with Crippen LogP contribution >= 0.6 is 12.4 Å². The Morgan fingerprint density at radius 1 is 1.06 bits per heavy atom. The van der Waals surface area contributed by atoms with Crippen molar-refractivity contribution in [3.05, 3.63) is 67.6 Å². The van der Waals surface area contributed by atoms with Crippen LogP contribution in [-0.4, -0.2) is 43.2 Å². The first-order valence-corrected chi connectivity index (χ1v) is 9.45. The maximum absolute atomic E-state index is 10.3. The first-order valence-electron chi connectivity index (χ1n) is 9.45. The third-order valence-electron chi connectivity index (χ3n) is 5.03. The fourth-order valence-electron chi connectivity index (χ4n) is 3.58. The van der Waals surface area contributed by atoms with Gasteiger partial charge in [-0.1, -0.05) is 18.2 Å². The SMILES string of the molecule is COc1cc2c(-c3cn(O)c4ccccc34)ncnc2cc1OCCn1ccnc1.Cl. The molecule has 158 valence electrons. The summed E-state index contributed by atoms with van der Waals surface area (Å²) in [4.78, 5) is 12.9. The second kappa shape index (κ2) is 8.53. The number of nitrogens with zero attached hydrogens (tertiary/aromatic N) is 5. The molecule has 8 nitrogen and oxygen atoms in total. The minimum atomic E-state index is 0. The van der Waals surface area contributed by atoms with Gasteiger partial charge in [0.05, 0.1) is 42.9 Å². The largest absolute Gasteiger partial charge is 0.493 e. The molecule has 0 amide bonds. The van der Waals surface area contributed by atoms with Crippen LogP contribution in [0.3, 0.4) is 0 Å². The molecule has 9 heteroatoms. The number of hydrogen-bond acceptors (Lipinski definition) is 6. The lowest BCUT2D eigenvalue weighted by atomic mass is 10.1. The van der Waals surface area contributed by atoms with E-state index in [-0.39, 0.29) is 12.4 Å². The van der Waals surface area contributed by atoms with Crippen LogP contribution in [0.15, 0.2) is 67.6 Å². The molecular formula is C22H20ClN5O3. The lowest BCUT2D eigenvalue weighted by molar-refractivity contribution is 0.200. The number of halogens is 1. The van der Waals surface area contributed by atoms with E-state index >= 15 is 0 Å². The average Bonchev–Trinajstić information content (AvgIpc) is 3.41. The van der Waals surface area contributed by atoms with E-state index in [1.165, 1.54) is 6.33 Å². The van der Waals surface area contributed by atoms with Crippen molar-refractivity contribution < 1.29 is 14.7 Å². The zero-order chi connectivity index (χ0) is 20.5. The standard InChI is InChI=1S/C22H19N5O3.ClH/c1-29-20-10-16-18(11-21(20)30-9-8-26-7-6-23-14-26)24-13-25-22(16)17-12-27(28)19-5-3-2-4-15(17)19;/h2-7,10-14,28H,8-9H2,1H3;1H. The van der Waals surface area contributed by atoms with E-state index in [0.29, 0.717) is 35.9 Å².